The molecule has 0 spiro atoms. The smallest absolute Gasteiger partial charge is 0.319 e. The number of likely N-dealkylation sites (tertiary alicyclic amines) is 1. The Kier molecular flexibility index (Phi) is 5.86. The minimum Gasteiger partial charge on any atom is -0.508 e. The molecule has 2 bridgehead atoms. The van der Waals surface area contributed by atoms with Crippen molar-refractivity contribution in [2.24, 2.45) is 5.41 Å². The van der Waals surface area contributed by atoms with Crippen LogP contribution < -0.4 is 15.0 Å². The highest BCUT2D eigenvalue weighted by atomic mass is 19.2. The minimum absolute atomic E-state index is 0.0810. The van der Waals surface area contributed by atoms with Gasteiger partial charge in [-0.1, -0.05) is 6.07 Å². The highest BCUT2D eigenvalue weighted by molar-refractivity contribution is 6.00. The predicted molar refractivity (Wildman–Crippen MR) is 157 cm³/mol. The molecule has 8 nitrogen and oxygen atoms in total. The first-order valence-corrected chi connectivity index (χ1v) is 15.0. The number of benzene rings is 2. The Balaban J connectivity index is 1.27. The molecule has 4 aliphatic heterocycles. The molecule has 11 heteroatoms. The zero-order valence-electron chi connectivity index (χ0n) is 25.5. The number of halogens is 3. The number of hydrogen-bond donors (Lipinski definition) is 2. The lowest BCUT2D eigenvalue weighted by molar-refractivity contribution is 0.170. The summed E-state index contributed by atoms with van der Waals surface area (Å²) in [4.78, 5) is 17.8. The molecule has 0 radical (unpaired) electrons. The zero-order chi connectivity index (χ0) is 31.1. The second kappa shape index (κ2) is 10.2. The molecule has 9 rings (SSSR count). The number of nitrogens with one attached hydrogen (secondary N) is 1. The van der Waals surface area contributed by atoms with Gasteiger partial charge in [-0.2, -0.15) is 9.97 Å². The van der Waals surface area contributed by atoms with Gasteiger partial charge in [0.2, 0.25) is 0 Å². The standard InChI is InChI=1S/C32H33F3N6O2/c33-24-6-3-18-11-21(42)12-22(25(18)26(24)34)28-27(35)29-23(14-37-28)30(41-15-19-4-5-20(41)13-36-19)39-31(38-29)43-17-32(7-8-32)16-40-9-1-2-10-40/h3,6,11-12,14,19-20,36,42H,1-2,4-5,7-10,13,15-17H2/i17D2. The highest BCUT2D eigenvalue weighted by Gasteiger charge is 2.45. The Morgan fingerprint density at radius 2 is 1.93 bits per heavy atom. The van der Waals surface area contributed by atoms with Crippen molar-refractivity contribution in [2.45, 2.75) is 50.6 Å². The Hall–Kier alpha value is -3.70. The molecule has 2 N–H and O–H groups in total. The number of piperazine rings is 1. The van der Waals surface area contributed by atoms with Gasteiger partial charge in [0.05, 0.1) is 14.7 Å². The van der Waals surface area contributed by atoms with Gasteiger partial charge < -0.3 is 25.0 Å². The third-order valence-corrected chi connectivity index (χ3v) is 9.45. The summed E-state index contributed by atoms with van der Waals surface area (Å²) in [6.07, 6.45) is 6.81. The molecule has 5 fully saturated rings. The number of aromatic nitrogens is 3. The van der Waals surface area contributed by atoms with Gasteiger partial charge in [0, 0.05) is 54.3 Å². The van der Waals surface area contributed by atoms with Gasteiger partial charge in [-0.05, 0) is 75.2 Å². The predicted octanol–water partition coefficient (Wildman–Crippen LogP) is 5.16. The summed E-state index contributed by atoms with van der Waals surface area (Å²) in [6, 6.07) is 4.67. The molecule has 0 amide bonds. The fraction of sp³-hybridized carbons (Fsp3) is 0.469. The maximum absolute atomic E-state index is 16.7. The maximum Gasteiger partial charge on any atom is 0.319 e. The van der Waals surface area contributed by atoms with E-state index in [9.17, 15) is 9.50 Å². The van der Waals surface area contributed by atoms with Crippen molar-refractivity contribution in [3.63, 3.8) is 0 Å². The van der Waals surface area contributed by atoms with E-state index >= 15 is 8.78 Å². The van der Waals surface area contributed by atoms with Gasteiger partial charge >= 0.3 is 6.01 Å². The van der Waals surface area contributed by atoms with E-state index in [1.165, 1.54) is 18.3 Å². The summed E-state index contributed by atoms with van der Waals surface area (Å²) >= 11 is 0. The van der Waals surface area contributed by atoms with E-state index in [4.69, 9.17) is 7.48 Å². The van der Waals surface area contributed by atoms with Crippen LogP contribution in [0.25, 0.3) is 32.9 Å². The van der Waals surface area contributed by atoms with Crippen LogP contribution in [-0.2, 0) is 0 Å². The molecule has 4 aromatic rings. The fourth-order valence-corrected chi connectivity index (χ4v) is 6.98. The third kappa shape index (κ3) is 4.73. The Labute approximate surface area is 249 Å². The first-order valence-electron chi connectivity index (χ1n) is 16.0. The lowest BCUT2D eigenvalue weighted by atomic mass is 9.93. The molecule has 2 atom stereocenters. The molecule has 5 aliphatic rings. The quantitative estimate of drug-likeness (QED) is 0.304. The van der Waals surface area contributed by atoms with Crippen LogP contribution in [0.5, 0.6) is 11.8 Å². The minimum atomic E-state index is -2.11. The number of ether oxygens (including phenoxy) is 1. The molecular formula is C32H33F3N6O2. The van der Waals surface area contributed by atoms with Crippen LogP contribution in [0, 0.1) is 22.9 Å². The second-order valence-corrected chi connectivity index (χ2v) is 12.4. The van der Waals surface area contributed by atoms with Gasteiger partial charge in [-0.15, -0.1) is 0 Å². The Morgan fingerprint density at radius 1 is 1.09 bits per heavy atom. The number of rotatable bonds is 7. The van der Waals surface area contributed by atoms with E-state index < -0.39 is 29.4 Å². The van der Waals surface area contributed by atoms with Crippen molar-refractivity contribution >= 4 is 27.5 Å². The molecule has 2 unspecified atom stereocenters. The van der Waals surface area contributed by atoms with Crippen LogP contribution in [-0.4, -0.2) is 76.3 Å². The Bertz CT molecular complexity index is 1830. The SMILES string of the molecule is [2H]C([2H])(Oc1nc(N2CC3CCC2CN3)c2cnc(-c3cc(O)cc4ccc(F)c(F)c34)c(F)c2n1)C1(CN2CCCC2)CC1. The van der Waals surface area contributed by atoms with E-state index in [-0.39, 0.29) is 51.4 Å². The average Bonchev–Trinajstić information content (AvgIpc) is 3.65. The second-order valence-electron chi connectivity index (χ2n) is 12.4. The molecular weight excluding hydrogens is 557 g/mol. The van der Waals surface area contributed by atoms with Crippen LogP contribution in [0.1, 0.15) is 41.3 Å². The third-order valence-electron chi connectivity index (χ3n) is 9.45. The van der Waals surface area contributed by atoms with Crippen LogP contribution in [0.15, 0.2) is 30.5 Å². The summed E-state index contributed by atoms with van der Waals surface area (Å²) in [5, 5.41) is 14.1. The van der Waals surface area contributed by atoms with Crippen LogP contribution in [0.4, 0.5) is 19.0 Å². The number of phenolic OH excluding ortho intramolecular Hbond substituents is 1. The van der Waals surface area contributed by atoms with E-state index in [0.29, 0.717) is 37.1 Å². The van der Waals surface area contributed by atoms with Gasteiger partial charge in [0.15, 0.2) is 17.5 Å². The first kappa shape index (κ1) is 24.7. The number of hydrogen-bond acceptors (Lipinski definition) is 8. The van der Waals surface area contributed by atoms with Crippen molar-refractivity contribution in [3.05, 3.63) is 47.9 Å². The molecule has 2 aromatic carbocycles. The van der Waals surface area contributed by atoms with Crippen molar-refractivity contribution in [1.29, 1.82) is 0 Å². The van der Waals surface area contributed by atoms with Crippen LogP contribution >= 0.6 is 0 Å². The molecule has 2 aromatic heterocycles. The summed E-state index contributed by atoms with van der Waals surface area (Å²) in [6.45, 7) is 1.65. The Morgan fingerprint density at radius 3 is 2.65 bits per heavy atom. The van der Waals surface area contributed by atoms with E-state index in [2.05, 4.69) is 30.1 Å². The highest BCUT2D eigenvalue weighted by Crippen LogP contribution is 2.47. The number of nitrogens with zero attached hydrogens (tertiary/aromatic N) is 5. The van der Waals surface area contributed by atoms with Gasteiger partial charge in [0.25, 0.3) is 0 Å². The molecule has 224 valence electrons. The average molecular weight is 593 g/mol. The lowest BCUT2D eigenvalue weighted by Crippen LogP contribution is -2.61. The van der Waals surface area contributed by atoms with Crippen molar-refractivity contribution in [1.82, 2.24) is 25.2 Å². The van der Waals surface area contributed by atoms with E-state index in [1.54, 1.807) is 0 Å². The number of pyridine rings is 1. The lowest BCUT2D eigenvalue weighted by Gasteiger charge is -2.46. The summed E-state index contributed by atoms with van der Waals surface area (Å²) in [7, 11) is 0. The number of aromatic hydroxyl groups is 1. The van der Waals surface area contributed by atoms with E-state index in [0.717, 1.165) is 57.5 Å². The van der Waals surface area contributed by atoms with Crippen molar-refractivity contribution in [3.8, 4) is 23.0 Å². The molecule has 6 heterocycles. The molecule has 1 aliphatic carbocycles. The fourth-order valence-electron chi connectivity index (χ4n) is 6.98. The monoisotopic (exact) mass is 592 g/mol. The summed E-state index contributed by atoms with van der Waals surface area (Å²) < 4.78 is 70.1. The molecule has 43 heavy (non-hydrogen) atoms. The van der Waals surface area contributed by atoms with Crippen LogP contribution in [0.3, 0.4) is 0 Å². The van der Waals surface area contributed by atoms with Gasteiger partial charge in [-0.25, -0.2) is 13.2 Å². The van der Waals surface area contributed by atoms with Gasteiger partial charge in [-0.3, -0.25) is 4.98 Å². The maximum atomic E-state index is 16.7. The van der Waals surface area contributed by atoms with Crippen molar-refractivity contribution < 1.29 is 25.8 Å². The van der Waals surface area contributed by atoms with Crippen molar-refractivity contribution in [2.75, 3.05) is 44.2 Å². The topological polar surface area (TPSA) is 86.6 Å². The van der Waals surface area contributed by atoms with Crippen LogP contribution in [0.2, 0.25) is 0 Å². The number of anilines is 1. The molecule has 1 saturated carbocycles. The van der Waals surface area contributed by atoms with Gasteiger partial charge in [0.1, 0.15) is 22.8 Å². The number of piperidine rings is 2. The largest absolute Gasteiger partial charge is 0.508 e. The first-order chi connectivity index (χ1) is 21.6. The zero-order valence-corrected chi connectivity index (χ0v) is 23.5. The summed E-state index contributed by atoms with van der Waals surface area (Å²) in [5.74, 6) is -3.11. The number of fused-ring (bicyclic) bond motifs is 5. The van der Waals surface area contributed by atoms with E-state index in [1.807, 2.05) is 0 Å². The summed E-state index contributed by atoms with van der Waals surface area (Å²) in [5.41, 5.74) is -1.36. The molecule has 4 saturated heterocycles. The number of phenols is 1. The normalized spacial score (nSPS) is 24.0.